The molecule has 1 fully saturated rings. The van der Waals surface area contributed by atoms with Crippen LogP contribution in [-0.2, 0) is 0 Å². The second kappa shape index (κ2) is 5.36. The van der Waals surface area contributed by atoms with Crippen molar-refractivity contribution in [3.8, 4) is 0 Å². The van der Waals surface area contributed by atoms with Crippen molar-refractivity contribution < 1.29 is 8.78 Å². The third-order valence-electron chi connectivity index (χ3n) is 3.30. The quantitative estimate of drug-likeness (QED) is 0.778. The van der Waals surface area contributed by atoms with Crippen molar-refractivity contribution in [3.63, 3.8) is 0 Å². The van der Waals surface area contributed by atoms with E-state index in [4.69, 9.17) is 0 Å². The Morgan fingerprint density at radius 2 is 1.75 bits per heavy atom. The molecule has 3 rings (SSSR count). The van der Waals surface area contributed by atoms with Gasteiger partial charge in [0.1, 0.15) is 6.33 Å². The average molecular weight is 277 g/mol. The molecule has 7 heteroatoms. The van der Waals surface area contributed by atoms with E-state index in [1.54, 1.807) is 6.07 Å². The highest BCUT2D eigenvalue weighted by Crippen LogP contribution is 2.20. The fraction of sp³-hybridized carbons (Fsp3) is 0.308. The monoisotopic (exact) mass is 277 g/mol. The van der Waals surface area contributed by atoms with Crippen LogP contribution in [0.15, 0.2) is 30.9 Å². The van der Waals surface area contributed by atoms with Crippen molar-refractivity contribution in [1.82, 2.24) is 15.0 Å². The third kappa shape index (κ3) is 2.52. The molecule has 0 aromatic carbocycles. The highest BCUT2D eigenvalue weighted by atomic mass is 19.1. The number of rotatable bonds is 2. The molecule has 1 aliphatic rings. The van der Waals surface area contributed by atoms with Crippen molar-refractivity contribution in [1.29, 1.82) is 0 Å². The third-order valence-corrected chi connectivity index (χ3v) is 3.30. The van der Waals surface area contributed by atoms with Gasteiger partial charge in [-0.15, -0.1) is 0 Å². The number of nitrogens with zero attached hydrogens (tertiary/aromatic N) is 5. The van der Waals surface area contributed by atoms with Crippen LogP contribution < -0.4 is 9.80 Å². The number of aromatic nitrogens is 3. The molecule has 0 atom stereocenters. The maximum atomic E-state index is 13.6. The van der Waals surface area contributed by atoms with Gasteiger partial charge in [-0.1, -0.05) is 0 Å². The molecule has 0 spiro atoms. The molecule has 5 nitrogen and oxygen atoms in total. The topological polar surface area (TPSA) is 45.2 Å². The molecule has 0 N–H and O–H groups in total. The van der Waals surface area contributed by atoms with Crippen LogP contribution in [0.25, 0.3) is 0 Å². The van der Waals surface area contributed by atoms with E-state index in [2.05, 4.69) is 15.0 Å². The molecule has 3 heterocycles. The first-order chi connectivity index (χ1) is 9.74. The Balaban J connectivity index is 1.70. The van der Waals surface area contributed by atoms with Crippen molar-refractivity contribution in [2.24, 2.45) is 0 Å². The summed E-state index contributed by atoms with van der Waals surface area (Å²) in [4.78, 5) is 15.1. The average Bonchev–Trinajstić information content (AvgIpc) is 2.48. The van der Waals surface area contributed by atoms with E-state index in [1.807, 2.05) is 9.80 Å². The van der Waals surface area contributed by atoms with Crippen molar-refractivity contribution in [2.75, 3.05) is 36.0 Å². The number of hydrogen-bond donors (Lipinski definition) is 0. The van der Waals surface area contributed by atoms with E-state index in [9.17, 15) is 8.78 Å². The molecule has 0 bridgehead atoms. The van der Waals surface area contributed by atoms with E-state index in [0.717, 1.165) is 11.9 Å². The number of piperazine rings is 1. The number of pyridine rings is 1. The molecule has 2 aromatic rings. The van der Waals surface area contributed by atoms with Crippen LogP contribution in [-0.4, -0.2) is 41.1 Å². The first-order valence-electron chi connectivity index (χ1n) is 6.31. The SMILES string of the molecule is Fc1cc(N2CCN(c3ncncc3F)CC2)ccn1. The van der Waals surface area contributed by atoms with Crippen LogP contribution >= 0.6 is 0 Å². The molecular formula is C13H13F2N5. The standard InChI is InChI=1S/C13H13F2N5/c14-11-8-16-9-18-13(11)20-5-3-19(4-6-20)10-1-2-17-12(15)7-10/h1-2,7-9H,3-6H2. The normalized spacial score (nSPS) is 15.5. The Labute approximate surface area is 114 Å². The summed E-state index contributed by atoms with van der Waals surface area (Å²) in [5.74, 6) is -0.594. The van der Waals surface area contributed by atoms with Crippen LogP contribution in [0.4, 0.5) is 20.3 Å². The van der Waals surface area contributed by atoms with Crippen LogP contribution in [0.2, 0.25) is 0 Å². The molecular weight excluding hydrogens is 264 g/mol. The molecule has 1 saturated heterocycles. The minimum atomic E-state index is -0.494. The zero-order valence-corrected chi connectivity index (χ0v) is 10.7. The van der Waals surface area contributed by atoms with Crippen LogP contribution in [0.1, 0.15) is 0 Å². The van der Waals surface area contributed by atoms with Gasteiger partial charge in [0.25, 0.3) is 0 Å². The van der Waals surface area contributed by atoms with E-state index in [1.165, 1.54) is 18.6 Å². The molecule has 1 aliphatic heterocycles. The number of anilines is 2. The molecule has 0 radical (unpaired) electrons. The largest absolute Gasteiger partial charge is 0.368 e. The van der Waals surface area contributed by atoms with Crippen molar-refractivity contribution in [2.45, 2.75) is 0 Å². The molecule has 0 amide bonds. The Morgan fingerprint density at radius 1 is 1.00 bits per heavy atom. The molecule has 2 aromatic heterocycles. The molecule has 0 aliphatic carbocycles. The minimum absolute atomic E-state index is 0.320. The van der Waals surface area contributed by atoms with Gasteiger partial charge in [0, 0.05) is 44.1 Å². The second-order valence-corrected chi connectivity index (χ2v) is 4.51. The van der Waals surface area contributed by atoms with Crippen LogP contribution in [0.5, 0.6) is 0 Å². The predicted molar refractivity (Wildman–Crippen MR) is 70.6 cm³/mol. The first-order valence-corrected chi connectivity index (χ1v) is 6.31. The highest BCUT2D eigenvalue weighted by Gasteiger charge is 2.20. The molecule has 0 unspecified atom stereocenters. The highest BCUT2D eigenvalue weighted by molar-refractivity contribution is 5.48. The summed E-state index contributed by atoms with van der Waals surface area (Å²) in [6.45, 7) is 2.59. The smallest absolute Gasteiger partial charge is 0.214 e. The summed E-state index contributed by atoms with van der Waals surface area (Å²) in [5.41, 5.74) is 0.792. The van der Waals surface area contributed by atoms with Gasteiger partial charge in [-0.05, 0) is 6.07 Å². The van der Waals surface area contributed by atoms with Gasteiger partial charge in [0.05, 0.1) is 6.20 Å². The molecule has 0 saturated carbocycles. The van der Waals surface area contributed by atoms with Gasteiger partial charge in [-0.3, -0.25) is 0 Å². The van der Waals surface area contributed by atoms with E-state index < -0.39 is 11.8 Å². The lowest BCUT2D eigenvalue weighted by atomic mass is 10.2. The lowest BCUT2D eigenvalue weighted by Crippen LogP contribution is -2.47. The maximum Gasteiger partial charge on any atom is 0.214 e. The lowest BCUT2D eigenvalue weighted by molar-refractivity contribution is 0.574. The van der Waals surface area contributed by atoms with Crippen molar-refractivity contribution >= 4 is 11.5 Å². The summed E-state index contributed by atoms with van der Waals surface area (Å²) in [7, 11) is 0. The van der Waals surface area contributed by atoms with Gasteiger partial charge in [0.2, 0.25) is 5.95 Å². The number of hydrogen-bond acceptors (Lipinski definition) is 5. The van der Waals surface area contributed by atoms with Crippen molar-refractivity contribution in [3.05, 3.63) is 42.6 Å². The minimum Gasteiger partial charge on any atom is -0.368 e. The van der Waals surface area contributed by atoms with Crippen LogP contribution in [0.3, 0.4) is 0 Å². The summed E-state index contributed by atoms with van der Waals surface area (Å²) in [6.07, 6.45) is 3.94. The Kier molecular flexibility index (Phi) is 3.41. The first kappa shape index (κ1) is 12.7. The summed E-state index contributed by atoms with van der Waals surface area (Å²) < 4.78 is 26.7. The summed E-state index contributed by atoms with van der Waals surface area (Å²) >= 11 is 0. The van der Waals surface area contributed by atoms with E-state index in [0.29, 0.717) is 32.0 Å². The zero-order valence-electron chi connectivity index (χ0n) is 10.7. The Bertz CT molecular complexity index is 599. The van der Waals surface area contributed by atoms with Crippen LogP contribution in [0, 0.1) is 11.8 Å². The van der Waals surface area contributed by atoms with Gasteiger partial charge in [-0.25, -0.2) is 19.3 Å². The maximum absolute atomic E-state index is 13.6. The van der Waals surface area contributed by atoms with E-state index in [-0.39, 0.29) is 0 Å². The number of halogens is 2. The van der Waals surface area contributed by atoms with Gasteiger partial charge in [-0.2, -0.15) is 4.39 Å². The van der Waals surface area contributed by atoms with Gasteiger partial charge < -0.3 is 9.80 Å². The molecule has 20 heavy (non-hydrogen) atoms. The fourth-order valence-corrected chi connectivity index (χ4v) is 2.30. The Morgan fingerprint density at radius 3 is 2.45 bits per heavy atom. The Hall–Kier alpha value is -2.31. The summed E-state index contributed by atoms with van der Waals surface area (Å²) in [6, 6.07) is 3.17. The lowest BCUT2D eigenvalue weighted by Gasteiger charge is -2.36. The second-order valence-electron chi connectivity index (χ2n) is 4.51. The van der Waals surface area contributed by atoms with E-state index >= 15 is 0 Å². The predicted octanol–water partition coefficient (Wildman–Crippen LogP) is 1.48. The molecule has 104 valence electrons. The fourth-order valence-electron chi connectivity index (χ4n) is 2.30. The van der Waals surface area contributed by atoms with Gasteiger partial charge >= 0.3 is 0 Å². The summed E-state index contributed by atoms with van der Waals surface area (Å²) in [5, 5.41) is 0. The zero-order chi connectivity index (χ0) is 13.9. The van der Waals surface area contributed by atoms with Gasteiger partial charge in [0.15, 0.2) is 11.6 Å².